The number of carbonyl (C=O) groups is 2. The molecule has 10 heteroatoms. The third kappa shape index (κ3) is 6.22. The second-order valence-electron chi connectivity index (χ2n) is 8.02. The summed E-state index contributed by atoms with van der Waals surface area (Å²) < 4.78 is 33.5. The molecule has 7 nitrogen and oxygen atoms in total. The van der Waals surface area contributed by atoms with Crippen molar-refractivity contribution in [2.24, 2.45) is 0 Å². The minimum atomic E-state index is -3.99. The van der Waals surface area contributed by atoms with Crippen LogP contribution in [-0.2, 0) is 21.3 Å². The lowest BCUT2D eigenvalue weighted by atomic mass is 10.0. The van der Waals surface area contributed by atoms with Crippen LogP contribution in [-0.4, -0.2) is 26.9 Å². The average Bonchev–Trinajstić information content (AvgIpc) is 2.87. The summed E-state index contributed by atoms with van der Waals surface area (Å²) in [6.07, 6.45) is 0. The summed E-state index contributed by atoms with van der Waals surface area (Å²) in [4.78, 5) is 24.8. The van der Waals surface area contributed by atoms with Crippen LogP contribution in [0.15, 0.2) is 83.8 Å². The Morgan fingerprint density at radius 3 is 2.19 bits per heavy atom. The topological polar surface area (TPSA) is 102 Å². The lowest BCUT2D eigenvalue weighted by Gasteiger charge is -2.13. The number of fused-ring (bicyclic) bond motifs is 1. The number of halogens is 2. The maximum Gasteiger partial charge on any atom is 0.338 e. The lowest BCUT2D eigenvalue weighted by Crippen LogP contribution is -2.23. The van der Waals surface area contributed by atoms with E-state index in [4.69, 9.17) is 27.9 Å². The Morgan fingerprint density at radius 1 is 0.865 bits per heavy atom. The van der Waals surface area contributed by atoms with Gasteiger partial charge in [0.2, 0.25) is 0 Å². The Bertz CT molecular complexity index is 1570. The summed E-state index contributed by atoms with van der Waals surface area (Å²) in [7, 11) is -3.99. The SMILES string of the molecule is CCOC(=O)c1ccc(CNC(=O)c2cccc3c(NS(=O)(=O)c4cc(Cl)cc(Cl)c4)cccc23)cc1. The van der Waals surface area contributed by atoms with Gasteiger partial charge in [-0.05, 0) is 60.3 Å². The first-order valence-corrected chi connectivity index (χ1v) is 13.5. The number of esters is 1. The Hall–Kier alpha value is -3.59. The average molecular weight is 557 g/mol. The van der Waals surface area contributed by atoms with Gasteiger partial charge in [0.25, 0.3) is 15.9 Å². The van der Waals surface area contributed by atoms with Crippen LogP contribution in [0.25, 0.3) is 10.8 Å². The van der Waals surface area contributed by atoms with Gasteiger partial charge in [0.05, 0.1) is 22.8 Å². The van der Waals surface area contributed by atoms with Crippen LogP contribution in [0.5, 0.6) is 0 Å². The molecule has 0 atom stereocenters. The molecule has 0 aliphatic rings. The van der Waals surface area contributed by atoms with E-state index in [-0.39, 0.29) is 27.4 Å². The zero-order valence-corrected chi connectivity index (χ0v) is 22.0. The number of amides is 1. The van der Waals surface area contributed by atoms with Crippen LogP contribution >= 0.6 is 23.2 Å². The van der Waals surface area contributed by atoms with Gasteiger partial charge in [-0.1, -0.05) is 59.6 Å². The van der Waals surface area contributed by atoms with Gasteiger partial charge in [-0.2, -0.15) is 0 Å². The highest BCUT2D eigenvalue weighted by molar-refractivity contribution is 7.92. The summed E-state index contributed by atoms with van der Waals surface area (Å²) in [6.45, 7) is 2.27. The van der Waals surface area contributed by atoms with Gasteiger partial charge in [0.15, 0.2) is 0 Å². The van der Waals surface area contributed by atoms with Crippen molar-refractivity contribution in [3.8, 4) is 0 Å². The molecule has 2 N–H and O–H groups in total. The maximum absolute atomic E-state index is 13.0. The maximum atomic E-state index is 13.0. The van der Waals surface area contributed by atoms with Crippen molar-refractivity contribution in [2.45, 2.75) is 18.4 Å². The molecule has 4 aromatic rings. The Balaban J connectivity index is 1.55. The molecule has 4 rings (SSSR count). The molecular formula is C27H22Cl2N2O5S. The summed E-state index contributed by atoms with van der Waals surface area (Å²) >= 11 is 12.0. The number of nitrogens with one attached hydrogen (secondary N) is 2. The third-order valence-electron chi connectivity index (χ3n) is 5.48. The molecule has 0 bridgehead atoms. The van der Waals surface area contributed by atoms with Crippen molar-refractivity contribution in [3.63, 3.8) is 0 Å². The van der Waals surface area contributed by atoms with Gasteiger partial charge < -0.3 is 10.1 Å². The molecule has 0 spiro atoms. The van der Waals surface area contributed by atoms with Gasteiger partial charge in [-0.3, -0.25) is 9.52 Å². The molecule has 0 unspecified atom stereocenters. The molecule has 0 fully saturated rings. The number of hydrogen-bond donors (Lipinski definition) is 2. The lowest BCUT2D eigenvalue weighted by molar-refractivity contribution is 0.0526. The zero-order chi connectivity index (χ0) is 26.6. The Morgan fingerprint density at radius 2 is 1.51 bits per heavy atom. The van der Waals surface area contributed by atoms with Crippen LogP contribution < -0.4 is 10.0 Å². The van der Waals surface area contributed by atoms with Crippen molar-refractivity contribution in [2.75, 3.05) is 11.3 Å². The van der Waals surface area contributed by atoms with Crippen LogP contribution in [0.1, 0.15) is 33.2 Å². The first-order chi connectivity index (χ1) is 17.7. The predicted octanol–water partition coefficient (Wildman–Crippen LogP) is 6.05. The third-order valence-corrected chi connectivity index (χ3v) is 7.26. The van der Waals surface area contributed by atoms with E-state index < -0.39 is 16.0 Å². The minimum absolute atomic E-state index is 0.0788. The number of rotatable bonds is 8. The molecule has 0 saturated carbocycles. The van der Waals surface area contributed by atoms with Crippen molar-refractivity contribution in [1.82, 2.24) is 5.32 Å². The number of benzene rings is 4. The largest absolute Gasteiger partial charge is 0.462 e. The second kappa shape index (κ2) is 11.2. The standard InChI is InChI=1S/C27H22Cl2N2O5S/c1-2-36-27(33)18-11-9-17(10-12-18)16-30-26(32)24-7-3-6-23-22(24)5-4-8-25(23)31-37(34,35)21-14-19(28)13-20(29)15-21/h3-15,31H,2,16H2,1H3,(H,30,32). The molecule has 0 aromatic heterocycles. The van der Waals surface area contributed by atoms with Crippen molar-refractivity contribution < 1.29 is 22.7 Å². The summed E-state index contributed by atoms with van der Waals surface area (Å²) in [5, 5.41) is 4.37. The van der Waals surface area contributed by atoms with E-state index in [0.717, 1.165) is 5.56 Å². The van der Waals surface area contributed by atoms with E-state index in [1.54, 1.807) is 67.6 Å². The predicted molar refractivity (Wildman–Crippen MR) is 145 cm³/mol. The van der Waals surface area contributed by atoms with E-state index in [2.05, 4.69) is 10.0 Å². The molecule has 4 aromatic carbocycles. The zero-order valence-electron chi connectivity index (χ0n) is 19.6. The van der Waals surface area contributed by atoms with Gasteiger partial charge in [0.1, 0.15) is 0 Å². The fourth-order valence-electron chi connectivity index (χ4n) is 3.74. The molecular weight excluding hydrogens is 535 g/mol. The fraction of sp³-hybridized carbons (Fsp3) is 0.111. The molecule has 0 saturated heterocycles. The van der Waals surface area contributed by atoms with Gasteiger partial charge in [0, 0.05) is 27.5 Å². The fourth-order valence-corrected chi connectivity index (χ4v) is 5.54. The van der Waals surface area contributed by atoms with Crippen molar-refractivity contribution >= 4 is 61.6 Å². The molecule has 1 amide bonds. The molecule has 0 aliphatic carbocycles. The van der Waals surface area contributed by atoms with Gasteiger partial charge in [-0.25, -0.2) is 13.2 Å². The first kappa shape index (κ1) is 26.5. The molecule has 0 aliphatic heterocycles. The van der Waals surface area contributed by atoms with Crippen LogP contribution in [0.2, 0.25) is 10.0 Å². The Kier molecular flexibility index (Phi) is 8.02. The summed E-state index contributed by atoms with van der Waals surface area (Å²) in [6, 6.07) is 20.9. The molecule has 37 heavy (non-hydrogen) atoms. The second-order valence-corrected chi connectivity index (χ2v) is 10.6. The smallest absolute Gasteiger partial charge is 0.338 e. The Labute approximate surface area is 224 Å². The van der Waals surface area contributed by atoms with Gasteiger partial charge >= 0.3 is 5.97 Å². The van der Waals surface area contributed by atoms with Crippen molar-refractivity contribution in [1.29, 1.82) is 0 Å². The number of anilines is 1. The number of ether oxygens (including phenoxy) is 1. The van der Waals surface area contributed by atoms with Crippen LogP contribution in [0.3, 0.4) is 0 Å². The molecule has 190 valence electrons. The quantitative estimate of drug-likeness (QED) is 0.257. The highest BCUT2D eigenvalue weighted by atomic mass is 35.5. The normalized spacial score (nSPS) is 11.2. The minimum Gasteiger partial charge on any atom is -0.462 e. The van der Waals surface area contributed by atoms with Crippen LogP contribution in [0.4, 0.5) is 5.69 Å². The van der Waals surface area contributed by atoms with E-state index in [9.17, 15) is 18.0 Å². The molecule has 0 radical (unpaired) electrons. The highest BCUT2D eigenvalue weighted by Gasteiger charge is 2.18. The number of hydrogen-bond acceptors (Lipinski definition) is 5. The van der Waals surface area contributed by atoms with E-state index in [1.165, 1.54) is 18.2 Å². The van der Waals surface area contributed by atoms with Gasteiger partial charge in [-0.15, -0.1) is 0 Å². The summed E-state index contributed by atoms with van der Waals surface area (Å²) in [5.41, 5.74) is 1.92. The number of sulfonamides is 1. The van der Waals surface area contributed by atoms with E-state index in [0.29, 0.717) is 34.2 Å². The highest BCUT2D eigenvalue weighted by Crippen LogP contribution is 2.30. The monoisotopic (exact) mass is 556 g/mol. The first-order valence-electron chi connectivity index (χ1n) is 11.2. The van der Waals surface area contributed by atoms with Crippen molar-refractivity contribution in [3.05, 3.63) is 106 Å². The summed E-state index contributed by atoms with van der Waals surface area (Å²) in [5.74, 6) is -0.736. The molecule has 0 heterocycles. The van der Waals surface area contributed by atoms with E-state index in [1.807, 2.05) is 0 Å². The number of carbonyl (C=O) groups excluding carboxylic acids is 2. The van der Waals surface area contributed by atoms with E-state index >= 15 is 0 Å². The van der Waals surface area contributed by atoms with Crippen LogP contribution in [0, 0.1) is 0 Å².